The number of benzene rings is 2. The fourth-order valence-corrected chi connectivity index (χ4v) is 2.10. The van der Waals surface area contributed by atoms with Crippen molar-refractivity contribution in [2.45, 2.75) is 0 Å². The van der Waals surface area contributed by atoms with Crippen molar-refractivity contribution in [2.75, 3.05) is 16.4 Å². The van der Waals surface area contributed by atoms with Gasteiger partial charge in [-0.2, -0.15) is 10.4 Å². The van der Waals surface area contributed by atoms with Crippen LogP contribution in [0.4, 0.5) is 17.1 Å². The standard InChI is InChI=1S/C17H14N6O/c18-8-12(17(24)22-14-5-2-13(19)3-6-14)9-20-15-4-1-11-10-21-23-16(11)7-15/h1-7,9-10,20H,19H2,(H,21,23)(H,22,24)/b12-9-. The number of aromatic amines is 1. The third-order valence-electron chi connectivity index (χ3n) is 3.36. The summed E-state index contributed by atoms with van der Waals surface area (Å²) in [6.07, 6.45) is 3.08. The number of aromatic nitrogens is 2. The first kappa shape index (κ1) is 15.1. The number of carbonyl (C=O) groups excluding carboxylic acids is 1. The van der Waals surface area contributed by atoms with Gasteiger partial charge in [-0.1, -0.05) is 0 Å². The van der Waals surface area contributed by atoms with Crippen molar-refractivity contribution in [1.29, 1.82) is 5.26 Å². The normalized spacial score (nSPS) is 11.0. The van der Waals surface area contributed by atoms with Crippen molar-refractivity contribution >= 4 is 33.9 Å². The van der Waals surface area contributed by atoms with E-state index in [4.69, 9.17) is 5.73 Å². The van der Waals surface area contributed by atoms with E-state index >= 15 is 0 Å². The van der Waals surface area contributed by atoms with E-state index in [9.17, 15) is 10.1 Å². The Morgan fingerprint density at radius 1 is 1.21 bits per heavy atom. The maximum absolute atomic E-state index is 12.1. The summed E-state index contributed by atoms with van der Waals surface area (Å²) in [6.45, 7) is 0. The fourth-order valence-electron chi connectivity index (χ4n) is 2.10. The molecule has 0 saturated carbocycles. The number of nitrogens with zero attached hydrogens (tertiary/aromatic N) is 2. The van der Waals surface area contributed by atoms with Crippen molar-refractivity contribution in [1.82, 2.24) is 10.2 Å². The maximum atomic E-state index is 12.1. The molecule has 1 aromatic heterocycles. The number of amides is 1. The van der Waals surface area contributed by atoms with Crippen molar-refractivity contribution < 1.29 is 4.79 Å². The number of hydrogen-bond acceptors (Lipinski definition) is 5. The molecule has 7 heteroatoms. The second-order valence-electron chi connectivity index (χ2n) is 5.06. The van der Waals surface area contributed by atoms with Gasteiger partial charge in [0.15, 0.2) is 0 Å². The SMILES string of the molecule is N#C/C(=C/Nc1ccc2cn[nH]c2c1)C(=O)Nc1ccc(N)cc1. The first-order valence-electron chi connectivity index (χ1n) is 7.12. The summed E-state index contributed by atoms with van der Waals surface area (Å²) in [7, 11) is 0. The molecule has 1 heterocycles. The number of H-pyrrole nitrogens is 1. The number of nitrogen functional groups attached to an aromatic ring is 1. The van der Waals surface area contributed by atoms with E-state index in [0.29, 0.717) is 11.4 Å². The highest BCUT2D eigenvalue weighted by Crippen LogP contribution is 2.17. The average molecular weight is 318 g/mol. The molecule has 3 aromatic rings. The molecule has 7 nitrogen and oxygen atoms in total. The van der Waals surface area contributed by atoms with Gasteiger partial charge >= 0.3 is 0 Å². The van der Waals surface area contributed by atoms with E-state index < -0.39 is 5.91 Å². The molecule has 1 amide bonds. The van der Waals surface area contributed by atoms with E-state index in [1.54, 1.807) is 30.5 Å². The molecule has 118 valence electrons. The van der Waals surface area contributed by atoms with Crippen LogP contribution in [0.25, 0.3) is 10.9 Å². The maximum Gasteiger partial charge on any atom is 0.267 e. The van der Waals surface area contributed by atoms with Gasteiger partial charge in [0.1, 0.15) is 11.6 Å². The molecule has 2 aromatic carbocycles. The average Bonchev–Trinajstić information content (AvgIpc) is 3.05. The number of carbonyl (C=O) groups is 1. The third kappa shape index (κ3) is 3.34. The predicted octanol–water partition coefficient (Wildman–Crippen LogP) is 2.60. The molecule has 0 atom stereocenters. The Labute approximate surface area is 137 Å². The highest BCUT2D eigenvalue weighted by Gasteiger charge is 2.09. The first-order chi connectivity index (χ1) is 11.7. The zero-order chi connectivity index (χ0) is 16.9. The summed E-state index contributed by atoms with van der Waals surface area (Å²) in [5.74, 6) is -0.502. The Kier molecular flexibility index (Phi) is 4.12. The van der Waals surface area contributed by atoms with Crippen LogP contribution in [0.3, 0.4) is 0 Å². The number of nitrogens with two attached hydrogens (primary N) is 1. The topological polar surface area (TPSA) is 120 Å². The van der Waals surface area contributed by atoms with E-state index in [1.165, 1.54) is 6.20 Å². The fraction of sp³-hybridized carbons (Fsp3) is 0. The lowest BCUT2D eigenvalue weighted by Crippen LogP contribution is -2.14. The number of hydrogen-bond donors (Lipinski definition) is 4. The molecular formula is C17H14N6O. The lowest BCUT2D eigenvalue weighted by atomic mass is 10.2. The zero-order valence-electron chi connectivity index (χ0n) is 12.6. The molecule has 3 rings (SSSR count). The lowest BCUT2D eigenvalue weighted by Gasteiger charge is -2.05. The Morgan fingerprint density at radius 3 is 2.71 bits per heavy atom. The van der Waals surface area contributed by atoms with Crippen LogP contribution < -0.4 is 16.4 Å². The van der Waals surface area contributed by atoms with Crippen LogP contribution in [-0.2, 0) is 4.79 Å². The van der Waals surface area contributed by atoms with Gasteiger partial charge in [0.05, 0.1) is 11.7 Å². The number of rotatable bonds is 4. The van der Waals surface area contributed by atoms with Gasteiger partial charge in [0.25, 0.3) is 5.91 Å². The molecule has 0 unspecified atom stereocenters. The Bertz CT molecular complexity index is 949. The minimum atomic E-state index is -0.502. The monoisotopic (exact) mass is 318 g/mol. The highest BCUT2D eigenvalue weighted by molar-refractivity contribution is 6.06. The second kappa shape index (κ2) is 6.54. The molecule has 0 bridgehead atoms. The van der Waals surface area contributed by atoms with Crippen LogP contribution in [0, 0.1) is 11.3 Å². The quantitative estimate of drug-likeness (QED) is 0.335. The second-order valence-corrected chi connectivity index (χ2v) is 5.06. The molecule has 0 radical (unpaired) electrons. The molecule has 0 aliphatic heterocycles. The Morgan fingerprint density at radius 2 is 1.96 bits per heavy atom. The third-order valence-corrected chi connectivity index (χ3v) is 3.36. The lowest BCUT2D eigenvalue weighted by molar-refractivity contribution is -0.112. The van der Waals surface area contributed by atoms with Crippen LogP contribution >= 0.6 is 0 Å². The van der Waals surface area contributed by atoms with Gasteiger partial charge < -0.3 is 16.4 Å². The predicted molar refractivity (Wildman–Crippen MR) is 92.9 cm³/mol. The van der Waals surface area contributed by atoms with Crippen LogP contribution in [0.5, 0.6) is 0 Å². The largest absolute Gasteiger partial charge is 0.399 e. The molecule has 0 aliphatic rings. The Hall–Kier alpha value is -3.79. The van der Waals surface area contributed by atoms with Crippen molar-refractivity contribution in [3.05, 3.63) is 60.4 Å². The summed E-state index contributed by atoms with van der Waals surface area (Å²) in [5.41, 5.74) is 8.31. The summed E-state index contributed by atoms with van der Waals surface area (Å²) >= 11 is 0. The summed E-state index contributed by atoms with van der Waals surface area (Å²) < 4.78 is 0. The van der Waals surface area contributed by atoms with Gasteiger partial charge in [-0.05, 0) is 42.5 Å². The van der Waals surface area contributed by atoms with Gasteiger partial charge in [0, 0.05) is 28.6 Å². The summed E-state index contributed by atoms with van der Waals surface area (Å²) in [4.78, 5) is 12.1. The van der Waals surface area contributed by atoms with Gasteiger partial charge in [-0.15, -0.1) is 0 Å². The smallest absolute Gasteiger partial charge is 0.267 e. The van der Waals surface area contributed by atoms with Crippen LogP contribution in [0.15, 0.2) is 60.4 Å². The molecule has 0 spiro atoms. The number of anilines is 3. The highest BCUT2D eigenvalue weighted by atomic mass is 16.1. The number of nitriles is 1. The minimum Gasteiger partial charge on any atom is -0.399 e. The van der Waals surface area contributed by atoms with E-state index in [2.05, 4.69) is 20.8 Å². The van der Waals surface area contributed by atoms with Crippen molar-refractivity contribution in [2.24, 2.45) is 0 Å². The van der Waals surface area contributed by atoms with Crippen LogP contribution in [0.2, 0.25) is 0 Å². The summed E-state index contributed by atoms with van der Waals surface area (Å²) in [5, 5.41) is 22.5. The van der Waals surface area contributed by atoms with E-state index in [-0.39, 0.29) is 5.57 Å². The molecule has 0 fully saturated rings. The van der Waals surface area contributed by atoms with Crippen molar-refractivity contribution in [3.63, 3.8) is 0 Å². The minimum absolute atomic E-state index is 0.0449. The first-order valence-corrected chi connectivity index (χ1v) is 7.12. The molecule has 0 aliphatic carbocycles. The Balaban J connectivity index is 1.72. The van der Waals surface area contributed by atoms with E-state index in [1.807, 2.05) is 24.3 Å². The van der Waals surface area contributed by atoms with Crippen molar-refractivity contribution in [3.8, 4) is 6.07 Å². The van der Waals surface area contributed by atoms with Gasteiger partial charge in [-0.25, -0.2) is 0 Å². The summed E-state index contributed by atoms with van der Waals surface area (Å²) in [6, 6.07) is 14.1. The number of fused-ring (bicyclic) bond motifs is 1. The van der Waals surface area contributed by atoms with E-state index in [0.717, 1.165) is 16.6 Å². The molecular weight excluding hydrogens is 304 g/mol. The zero-order valence-corrected chi connectivity index (χ0v) is 12.6. The van der Waals surface area contributed by atoms with Gasteiger partial charge in [-0.3, -0.25) is 9.89 Å². The van der Waals surface area contributed by atoms with Crippen LogP contribution in [0.1, 0.15) is 0 Å². The molecule has 24 heavy (non-hydrogen) atoms. The van der Waals surface area contributed by atoms with Gasteiger partial charge in [0.2, 0.25) is 0 Å². The van der Waals surface area contributed by atoms with Crippen LogP contribution in [-0.4, -0.2) is 16.1 Å². The number of nitrogens with one attached hydrogen (secondary N) is 3. The molecule has 5 N–H and O–H groups in total. The molecule has 0 saturated heterocycles.